The van der Waals surface area contributed by atoms with Gasteiger partial charge in [-0.1, -0.05) is 0 Å². The van der Waals surface area contributed by atoms with E-state index in [1.165, 1.54) is 7.11 Å². The Morgan fingerprint density at radius 2 is 2.41 bits per heavy atom. The molecule has 0 aliphatic rings. The van der Waals surface area contributed by atoms with Crippen molar-refractivity contribution in [3.05, 3.63) is 18.7 Å². The quantitative estimate of drug-likeness (QED) is 0.701. The van der Waals surface area contributed by atoms with Gasteiger partial charge in [-0.2, -0.15) is 0 Å². The highest BCUT2D eigenvalue weighted by Gasteiger charge is 2.11. The van der Waals surface area contributed by atoms with Crippen LogP contribution in [0.3, 0.4) is 0 Å². The van der Waals surface area contributed by atoms with Gasteiger partial charge < -0.3 is 9.64 Å². The van der Waals surface area contributed by atoms with Gasteiger partial charge in [0.25, 0.3) is 0 Å². The van der Waals surface area contributed by atoms with Crippen LogP contribution in [0.2, 0.25) is 0 Å². The molecule has 0 saturated carbocycles. The van der Waals surface area contributed by atoms with E-state index in [0.29, 0.717) is 24.4 Å². The first-order valence-electron chi connectivity index (χ1n) is 5.14. The van der Waals surface area contributed by atoms with Crippen molar-refractivity contribution in [1.82, 2.24) is 19.6 Å². The number of methoxy groups -OCH3 is 1. The molecule has 0 atom stereocenters. The molecule has 0 aliphatic heterocycles. The van der Waals surface area contributed by atoms with Gasteiger partial charge in [-0.3, -0.25) is 9.20 Å². The second-order valence-corrected chi connectivity index (χ2v) is 3.56. The summed E-state index contributed by atoms with van der Waals surface area (Å²) < 4.78 is 6.36. The van der Waals surface area contributed by atoms with Crippen molar-refractivity contribution in [3.63, 3.8) is 0 Å². The summed E-state index contributed by atoms with van der Waals surface area (Å²) in [7, 11) is 3.22. The van der Waals surface area contributed by atoms with E-state index in [2.05, 4.69) is 19.9 Å². The number of hydrogen-bond acceptors (Lipinski definition) is 6. The highest BCUT2D eigenvalue weighted by atomic mass is 16.5. The molecule has 0 bridgehead atoms. The van der Waals surface area contributed by atoms with Crippen molar-refractivity contribution in [3.8, 4) is 0 Å². The van der Waals surface area contributed by atoms with Gasteiger partial charge in [-0.15, -0.1) is 10.2 Å². The second-order valence-electron chi connectivity index (χ2n) is 3.56. The number of anilines is 1. The van der Waals surface area contributed by atoms with Gasteiger partial charge >= 0.3 is 5.97 Å². The molecule has 7 heteroatoms. The Kier molecular flexibility index (Phi) is 3.17. The SMILES string of the molecule is COC(=O)CCN(C)c1nccn2cnnc12. The number of carbonyl (C=O) groups is 1. The van der Waals surface area contributed by atoms with Gasteiger partial charge in [0.15, 0.2) is 5.82 Å². The van der Waals surface area contributed by atoms with E-state index in [9.17, 15) is 4.79 Å². The minimum atomic E-state index is -0.245. The molecule has 0 aliphatic carbocycles. The van der Waals surface area contributed by atoms with Crippen LogP contribution in [0.1, 0.15) is 6.42 Å². The normalized spacial score (nSPS) is 10.5. The summed E-state index contributed by atoms with van der Waals surface area (Å²) in [5.41, 5.74) is 0.667. The molecule has 90 valence electrons. The number of ether oxygens (including phenoxy) is 1. The van der Waals surface area contributed by atoms with Crippen LogP contribution >= 0.6 is 0 Å². The lowest BCUT2D eigenvalue weighted by atomic mass is 10.4. The van der Waals surface area contributed by atoms with Crippen molar-refractivity contribution in [2.45, 2.75) is 6.42 Å². The minimum absolute atomic E-state index is 0.245. The molecule has 0 spiro atoms. The zero-order valence-electron chi connectivity index (χ0n) is 9.70. The third kappa shape index (κ3) is 2.32. The molecule has 2 aromatic heterocycles. The number of fused-ring (bicyclic) bond motifs is 1. The molecular formula is C10H13N5O2. The fourth-order valence-corrected chi connectivity index (χ4v) is 1.48. The van der Waals surface area contributed by atoms with Crippen LogP contribution in [0.5, 0.6) is 0 Å². The summed E-state index contributed by atoms with van der Waals surface area (Å²) in [4.78, 5) is 17.1. The first-order valence-corrected chi connectivity index (χ1v) is 5.14. The Morgan fingerprint density at radius 3 is 3.18 bits per heavy atom. The molecule has 7 nitrogen and oxygen atoms in total. The standard InChI is InChI=1S/C10H13N5O2/c1-14(5-3-8(16)17-2)9-10-13-12-7-15(10)6-4-11-9/h4,6-7H,3,5H2,1-2H3. The summed E-state index contributed by atoms with van der Waals surface area (Å²) in [6, 6.07) is 0. The highest BCUT2D eigenvalue weighted by molar-refractivity contribution is 5.70. The highest BCUT2D eigenvalue weighted by Crippen LogP contribution is 2.14. The molecule has 2 rings (SSSR count). The van der Waals surface area contributed by atoms with Crippen LogP contribution in [0.25, 0.3) is 5.65 Å². The molecule has 0 fully saturated rings. The first-order chi connectivity index (χ1) is 8.22. The molecule has 0 N–H and O–H groups in total. The predicted molar refractivity (Wildman–Crippen MR) is 60.7 cm³/mol. The molecule has 0 radical (unpaired) electrons. The van der Waals surface area contributed by atoms with Crippen LogP contribution < -0.4 is 4.90 Å². The van der Waals surface area contributed by atoms with Crippen LogP contribution in [-0.2, 0) is 9.53 Å². The Balaban J connectivity index is 2.15. The average molecular weight is 235 g/mol. The van der Waals surface area contributed by atoms with Crippen LogP contribution in [-0.4, -0.2) is 46.3 Å². The average Bonchev–Trinajstić information content (AvgIpc) is 2.83. The van der Waals surface area contributed by atoms with E-state index in [4.69, 9.17) is 0 Å². The van der Waals surface area contributed by atoms with Gasteiger partial charge in [-0.25, -0.2) is 4.98 Å². The summed E-state index contributed by atoms with van der Waals surface area (Å²) in [5.74, 6) is 0.444. The molecule has 0 aromatic carbocycles. The van der Waals surface area contributed by atoms with Crippen LogP contribution in [0, 0.1) is 0 Å². The lowest BCUT2D eigenvalue weighted by molar-refractivity contribution is -0.140. The lowest BCUT2D eigenvalue weighted by Crippen LogP contribution is -2.23. The molecule has 2 aromatic rings. The number of aromatic nitrogens is 4. The zero-order chi connectivity index (χ0) is 12.3. The number of nitrogens with zero attached hydrogens (tertiary/aromatic N) is 5. The van der Waals surface area contributed by atoms with Gasteiger partial charge in [0.1, 0.15) is 6.33 Å². The molecule has 2 heterocycles. The molecule has 0 unspecified atom stereocenters. The summed E-state index contributed by atoms with van der Waals surface area (Å²) in [6.07, 6.45) is 5.35. The third-order valence-electron chi connectivity index (χ3n) is 2.44. The van der Waals surface area contributed by atoms with Crippen molar-refractivity contribution in [1.29, 1.82) is 0 Å². The Hall–Kier alpha value is -2.18. The van der Waals surface area contributed by atoms with Gasteiger partial charge in [0, 0.05) is 26.0 Å². The molecule has 0 saturated heterocycles. The summed E-state index contributed by atoms with van der Waals surface area (Å²) >= 11 is 0. The number of carbonyl (C=O) groups excluding carboxylic acids is 1. The predicted octanol–water partition coefficient (Wildman–Crippen LogP) is 0.124. The number of esters is 1. The maximum atomic E-state index is 11.1. The smallest absolute Gasteiger partial charge is 0.307 e. The lowest BCUT2D eigenvalue weighted by Gasteiger charge is -2.17. The van der Waals surface area contributed by atoms with E-state index >= 15 is 0 Å². The van der Waals surface area contributed by atoms with Crippen molar-refractivity contribution < 1.29 is 9.53 Å². The van der Waals surface area contributed by atoms with Crippen molar-refractivity contribution >= 4 is 17.4 Å². The van der Waals surface area contributed by atoms with Crippen molar-refractivity contribution in [2.24, 2.45) is 0 Å². The van der Waals surface area contributed by atoms with E-state index < -0.39 is 0 Å². The Bertz CT molecular complexity index is 524. The van der Waals surface area contributed by atoms with Gasteiger partial charge in [0.2, 0.25) is 5.65 Å². The van der Waals surface area contributed by atoms with Gasteiger partial charge in [0.05, 0.1) is 13.5 Å². The number of rotatable bonds is 4. The molecule has 0 amide bonds. The first kappa shape index (κ1) is 11.3. The summed E-state index contributed by atoms with van der Waals surface area (Å²) in [5, 5.41) is 7.79. The maximum Gasteiger partial charge on any atom is 0.307 e. The minimum Gasteiger partial charge on any atom is -0.469 e. The van der Waals surface area contributed by atoms with E-state index in [-0.39, 0.29) is 5.97 Å². The van der Waals surface area contributed by atoms with E-state index in [1.807, 2.05) is 11.9 Å². The largest absolute Gasteiger partial charge is 0.469 e. The Labute approximate surface area is 98.0 Å². The molecular weight excluding hydrogens is 222 g/mol. The maximum absolute atomic E-state index is 11.1. The topological polar surface area (TPSA) is 72.6 Å². The van der Waals surface area contributed by atoms with Gasteiger partial charge in [-0.05, 0) is 0 Å². The third-order valence-corrected chi connectivity index (χ3v) is 2.44. The Morgan fingerprint density at radius 1 is 1.59 bits per heavy atom. The fraction of sp³-hybridized carbons (Fsp3) is 0.400. The monoisotopic (exact) mass is 235 g/mol. The summed E-state index contributed by atoms with van der Waals surface area (Å²) in [6.45, 7) is 0.520. The van der Waals surface area contributed by atoms with Crippen LogP contribution in [0.4, 0.5) is 5.82 Å². The van der Waals surface area contributed by atoms with Crippen molar-refractivity contribution in [2.75, 3.05) is 25.6 Å². The van der Waals surface area contributed by atoms with E-state index in [0.717, 1.165) is 0 Å². The second kappa shape index (κ2) is 4.77. The zero-order valence-corrected chi connectivity index (χ0v) is 9.70. The van der Waals surface area contributed by atoms with Crippen LogP contribution in [0.15, 0.2) is 18.7 Å². The number of hydrogen-bond donors (Lipinski definition) is 0. The fourth-order valence-electron chi connectivity index (χ4n) is 1.48. The molecule has 17 heavy (non-hydrogen) atoms. The van der Waals surface area contributed by atoms with E-state index in [1.54, 1.807) is 23.1 Å².